The van der Waals surface area contributed by atoms with Crippen molar-refractivity contribution in [2.24, 2.45) is 0 Å². The number of fused-ring (bicyclic) bond motifs is 1. The average Bonchev–Trinajstić information content (AvgIpc) is 3.03. The summed E-state index contributed by atoms with van der Waals surface area (Å²) in [6.07, 6.45) is 2.44. The summed E-state index contributed by atoms with van der Waals surface area (Å²) in [7, 11) is 0. The van der Waals surface area contributed by atoms with E-state index in [9.17, 15) is 0 Å². The van der Waals surface area contributed by atoms with Crippen LogP contribution in [0, 0.1) is 13.8 Å². The minimum atomic E-state index is 0.393. The molecule has 4 heteroatoms. The Labute approximate surface area is 140 Å². The van der Waals surface area contributed by atoms with E-state index in [1.807, 2.05) is 22.7 Å². The van der Waals surface area contributed by atoms with Crippen LogP contribution in [0.15, 0.2) is 12.1 Å². The Morgan fingerprint density at radius 3 is 2.76 bits per heavy atom. The molecule has 0 saturated heterocycles. The summed E-state index contributed by atoms with van der Waals surface area (Å²) in [6, 6.07) is 5.18. The first-order chi connectivity index (χ1) is 10.2. The van der Waals surface area contributed by atoms with Gasteiger partial charge in [-0.2, -0.15) is 11.8 Å². The van der Waals surface area contributed by atoms with Crippen LogP contribution in [0.2, 0.25) is 0 Å². The first-order valence-corrected chi connectivity index (χ1v) is 10.5. The highest BCUT2D eigenvalue weighted by atomic mass is 32.2. The summed E-state index contributed by atoms with van der Waals surface area (Å²) in [5.74, 6) is 2.49. The largest absolute Gasteiger partial charge is 0.305 e. The number of thiophene rings is 2. The maximum Gasteiger partial charge on any atom is 0.0767 e. The van der Waals surface area contributed by atoms with Gasteiger partial charge in [-0.15, -0.1) is 22.7 Å². The molecule has 1 aliphatic heterocycles. The summed E-state index contributed by atoms with van der Waals surface area (Å²) in [5.41, 5.74) is 3.02. The Morgan fingerprint density at radius 1 is 1.24 bits per heavy atom. The van der Waals surface area contributed by atoms with E-state index in [2.05, 4.69) is 50.0 Å². The van der Waals surface area contributed by atoms with Crippen LogP contribution in [0.4, 0.5) is 0 Å². The van der Waals surface area contributed by atoms with Gasteiger partial charge in [-0.05, 0) is 62.2 Å². The lowest BCUT2D eigenvalue weighted by molar-refractivity contribution is 0.611. The molecule has 114 valence electrons. The summed E-state index contributed by atoms with van der Waals surface area (Å²) in [6.45, 7) is 7.79. The lowest BCUT2D eigenvalue weighted by atomic mass is 10.1. The molecule has 1 atom stereocenters. The Morgan fingerprint density at radius 2 is 2.10 bits per heavy atom. The fourth-order valence-corrected chi connectivity index (χ4v) is 6.54. The lowest BCUT2D eigenvalue weighted by Gasteiger charge is -2.17. The van der Waals surface area contributed by atoms with Crippen molar-refractivity contribution in [1.29, 1.82) is 0 Å². The molecule has 0 bridgehead atoms. The number of hydrogen-bond acceptors (Lipinski definition) is 4. The normalized spacial score (nSPS) is 16.0. The Balaban J connectivity index is 1.95. The number of hydrogen-bond donors (Lipinski definition) is 1. The molecule has 2 aromatic rings. The van der Waals surface area contributed by atoms with E-state index in [4.69, 9.17) is 0 Å². The van der Waals surface area contributed by atoms with Gasteiger partial charge in [-0.25, -0.2) is 0 Å². The van der Waals surface area contributed by atoms with Gasteiger partial charge in [-0.1, -0.05) is 6.92 Å². The first-order valence-electron chi connectivity index (χ1n) is 7.68. The van der Waals surface area contributed by atoms with Crippen molar-refractivity contribution in [1.82, 2.24) is 5.32 Å². The SMILES string of the molecule is CCCNC(c1cc2c(s1)CCSC2)c1sc(C)cc1C. The number of nitrogens with one attached hydrogen (secondary N) is 1. The zero-order chi connectivity index (χ0) is 14.8. The van der Waals surface area contributed by atoms with Crippen molar-refractivity contribution in [2.75, 3.05) is 12.3 Å². The molecule has 21 heavy (non-hydrogen) atoms. The maximum absolute atomic E-state index is 3.78. The third-order valence-corrected chi connectivity index (χ3v) is 7.40. The fourth-order valence-electron chi connectivity index (χ4n) is 2.87. The van der Waals surface area contributed by atoms with Crippen molar-refractivity contribution in [3.8, 4) is 0 Å². The van der Waals surface area contributed by atoms with Crippen LogP contribution in [0.3, 0.4) is 0 Å². The first kappa shape index (κ1) is 15.6. The minimum Gasteiger partial charge on any atom is -0.305 e. The van der Waals surface area contributed by atoms with Crippen molar-refractivity contribution in [3.05, 3.63) is 42.8 Å². The highest BCUT2D eigenvalue weighted by Gasteiger charge is 2.22. The minimum absolute atomic E-state index is 0.393. The van der Waals surface area contributed by atoms with Gasteiger partial charge in [0.1, 0.15) is 0 Å². The monoisotopic (exact) mass is 337 g/mol. The van der Waals surface area contributed by atoms with Crippen LogP contribution in [-0.4, -0.2) is 12.3 Å². The molecule has 1 N–H and O–H groups in total. The van der Waals surface area contributed by atoms with E-state index in [0.29, 0.717) is 6.04 Å². The van der Waals surface area contributed by atoms with Crippen LogP contribution < -0.4 is 5.32 Å². The molecule has 0 amide bonds. The van der Waals surface area contributed by atoms with E-state index >= 15 is 0 Å². The standard InChI is InChI=1S/C17H23NS3/c1-4-6-18-16(17-11(2)8-12(3)20-17)15-9-13-10-19-7-5-14(13)21-15/h8-9,16,18H,4-7,10H2,1-3H3. The number of rotatable bonds is 5. The third-order valence-electron chi connectivity index (χ3n) is 3.87. The maximum atomic E-state index is 3.78. The Kier molecular flexibility index (Phi) is 5.10. The van der Waals surface area contributed by atoms with E-state index in [1.165, 1.54) is 44.5 Å². The van der Waals surface area contributed by atoms with Crippen LogP contribution in [0.25, 0.3) is 0 Å². The van der Waals surface area contributed by atoms with Crippen molar-refractivity contribution in [2.45, 2.75) is 45.4 Å². The molecule has 0 spiro atoms. The van der Waals surface area contributed by atoms with Crippen molar-refractivity contribution in [3.63, 3.8) is 0 Å². The topological polar surface area (TPSA) is 12.0 Å². The second kappa shape index (κ2) is 6.86. The molecule has 3 heterocycles. The van der Waals surface area contributed by atoms with Gasteiger partial charge in [0.2, 0.25) is 0 Å². The Hall–Kier alpha value is -0.290. The smallest absolute Gasteiger partial charge is 0.0767 e. The lowest BCUT2D eigenvalue weighted by Crippen LogP contribution is -2.22. The molecule has 1 unspecified atom stereocenters. The van der Waals surface area contributed by atoms with E-state index < -0.39 is 0 Å². The molecule has 0 fully saturated rings. The van der Waals surface area contributed by atoms with Gasteiger partial charge in [0.25, 0.3) is 0 Å². The number of thioether (sulfide) groups is 1. The van der Waals surface area contributed by atoms with Crippen molar-refractivity contribution < 1.29 is 0 Å². The average molecular weight is 338 g/mol. The van der Waals surface area contributed by atoms with Gasteiger partial charge in [0, 0.05) is 25.3 Å². The van der Waals surface area contributed by atoms with Gasteiger partial charge in [0.05, 0.1) is 6.04 Å². The summed E-state index contributed by atoms with van der Waals surface area (Å²) >= 11 is 6.06. The zero-order valence-electron chi connectivity index (χ0n) is 13.0. The highest BCUT2D eigenvalue weighted by Crippen LogP contribution is 2.39. The molecule has 0 radical (unpaired) electrons. The van der Waals surface area contributed by atoms with Crippen LogP contribution in [-0.2, 0) is 12.2 Å². The number of aryl methyl sites for hydroxylation is 3. The fraction of sp³-hybridized carbons (Fsp3) is 0.529. The van der Waals surface area contributed by atoms with Crippen LogP contribution in [0.1, 0.15) is 50.0 Å². The van der Waals surface area contributed by atoms with Crippen LogP contribution >= 0.6 is 34.4 Å². The van der Waals surface area contributed by atoms with Gasteiger partial charge >= 0.3 is 0 Å². The summed E-state index contributed by atoms with van der Waals surface area (Å²) < 4.78 is 0. The molecule has 3 rings (SSSR count). The third kappa shape index (κ3) is 3.39. The molecule has 1 nitrogen and oxygen atoms in total. The molecule has 0 aliphatic carbocycles. The highest BCUT2D eigenvalue weighted by molar-refractivity contribution is 7.98. The molecule has 0 saturated carbocycles. The van der Waals surface area contributed by atoms with E-state index in [1.54, 1.807) is 10.4 Å². The molecule has 0 aromatic carbocycles. The van der Waals surface area contributed by atoms with Gasteiger partial charge < -0.3 is 5.32 Å². The van der Waals surface area contributed by atoms with E-state index in [-0.39, 0.29) is 0 Å². The Bertz CT molecular complexity index is 588. The second-order valence-electron chi connectivity index (χ2n) is 5.69. The predicted molar refractivity (Wildman–Crippen MR) is 98.1 cm³/mol. The quantitative estimate of drug-likeness (QED) is 0.794. The van der Waals surface area contributed by atoms with Crippen molar-refractivity contribution >= 4 is 34.4 Å². The molecule has 2 aromatic heterocycles. The molecular formula is C17H23NS3. The van der Waals surface area contributed by atoms with Gasteiger partial charge in [-0.3, -0.25) is 0 Å². The molecule has 1 aliphatic rings. The predicted octanol–water partition coefficient (Wildman–Crippen LogP) is 5.30. The summed E-state index contributed by atoms with van der Waals surface area (Å²) in [4.78, 5) is 6.06. The van der Waals surface area contributed by atoms with Gasteiger partial charge in [0.15, 0.2) is 0 Å². The zero-order valence-corrected chi connectivity index (χ0v) is 15.4. The van der Waals surface area contributed by atoms with E-state index in [0.717, 1.165) is 6.54 Å². The summed E-state index contributed by atoms with van der Waals surface area (Å²) in [5, 5.41) is 3.78. The second-order valence-corrected chi connectivity index (χ2v) is 9.25. The van der Waals surface area contributed by atoms with Crippen LogP contribution in [0.5, 0.6) is 0 Å². The molecular weight excluding hydrogens is 314 g/mol.